The third kappa shape index (κ3) is 3.92. The second-order valence-electron chi connectivity index (χ2n) is 8.36. The van der Waals surface area contributed by atoms with Crippen LogP contribution in [0.1, 0.15) is 52.2 Å². The maximum absolute atomic E-state index is 13.6. The molecule has 0 spiro atoms. The standard InChI is InChI=1S/C23H26N4O3S/c1-15-14-19(25-30-15)24-21(28)16-8-12-26(13-9-16)22(29)20-17-6-2-3-7-18(17)31-23(20)27-10-4-5-11-27/h4-5,10-11,14,16H,2-3,6-9,12-13H2,1H3,(H,24,25,28). The van der Waals surface area contributed by atoms with E-state index in [0.29, 0.717) is 37.5 Å². The van der Waals surface area contributed by atoms with E-state index in [0.717, 1.165) is 29.8 Å². The Morgan fingerprint density at radius 3 is 2.61 bits per heavy atom. The van der Waals surface area contributed by atoms with Gasteiger partial charge in [0.05, 0.1) is 5.56 Å². The number of nitrogens with zero attached hydrogens (tertiary/aromatic N) is 3. The number of thiophene rings is 1. The van der Waals surface area contributed by atoms with Crippen molar-refractivity contribution in [3.05, 3.63) is 52.4 Å². The van der Waals surface area contributed by atoms with Crippen molar-refractivity contribution in [3.8, 4) is 5.00 Å². The molecule has 7 nitrogen and oxygen atoms in total. The van der Waals surface area contributed by atoms with Gasteiger partial charge in [-0.25, -0.2) is 0 Å². The average molecular weight is 439 g/mol. The Kier molecular flexibility index (Phi) is 5.40. The number of fused-ring (bicyclic) bond motifs is 1. The molecule has 31 heavy (non-hydrogen) atoms. The molecule has 0 bridgehead atoms. The molecule has 8 heteroatoms. The van der Waals surface area contributed by atoms with Crippen LogP contribution in [0.15, 0.2) is 35.1 Å². The minimum atomic E-state index is -0.124. The molecule has 0 atom stereocenters. The lowest BCUT2D eigenvalue weighted by Gasteiger charge is -2.31. The van der Waals surface area contributed by atoms with E-state index in [1.54, 1.807) is 24.3 Å². The summed E-state index contributed by atoms with van der Waals surface area (Å²) < 4.78 is 7.08. The van der Waals surface area contributed by atoms with Gasteiger partial charge in [-0.1, -0.05) is 5.16 Å². The highest BCUT2D eigenvalue weighted by molar-refractivity contribution is 7.15. The highest BCUT2D eigenvalue weighted by Gasteiger charge is 2.33. The lowest BCUT2D eigenvalue weighted by Crippen LogP contribution is -2.42. The molecule has 0 aromatic carbocycles. The normalized spacial score (nSPS) is 16.9. The topological polar surface area (TPSA) is 80.4 Å². The van der Waals surface area contributed by atoms with Crippen LogP contribution in [0.2, 0.25) is 0 Å². The lowest BCUT2D eigenvalue weighted by molar-refractivity contribution is -0.121. The summed E-state index contributed by atoms with van der Waals surface area (Å²) in [5.41, 5.74) is 2.11. The monoisotopic (exact) mass is 438 g/mol. The zero-order chi connectivity index (χ0) is 21.4. The first-order chi connectivity index (χ1) is 15.1. The first kappa shape index (κ1) is 20.1. The van der Waals surface area contributed by atoms with E-state index in [1.807, 2.05) is 29.4 Å². The SMILES string of the molecule is Cc1cc(NC(=O)C2CCN(C(=O)c3c(-n4cccc4)sc4c3CCCC4)CC2)no1. The molecule has 1 aliphatic heterocycles. The average Bonchev–Trinajstić information content (AvgIpc) is 3.53. The predicted molar refractivity (Wildman–Crippen MR) is 119 cm³/mol. The van der Waals surface area contributed by atoms with E-state index < -0.39 is 0 Å². The van der Waals surface area contributed by atoms with Crippen LogP contribution in [0.25, 0.3) is 5.00 Å². The molecule has 2 aliphatic rings. The Labute approximate surface area is 185 Å². The van der Waals surface area contributed by atoms with Crippen LogP contribution >= 0.6 is 11.3 Å². The number of likely N-dealkylation sites (tertiary alicyclic amines) is 1. The van der Waals surface area contributed by atoms with Crippen molar-refractivity contribution in [2.75, 3.05) is 18.4 Å². The maximum Gasteiger partial charge on any atom is 0.257 e. The van der Waals surface area contributed by atoms with Crippen molar-refractivity contribution in [1.29, 1.82) is 0 Å². The van der Waals surface area contributed by atoms with Crippen molar-refractivity contribution in [3.63, 3.8) is 0 Å². The number of piperidine rings is 1. The molecule has 4 heterocycles. The predicted octanol–water partition coefficient (Wildman–Crippen LogP) is 4.20. The number of aromatic nitrogens is 2. The van der Waals surface area contributed by atoms with E-state index in [4.69, 9.17) is 4.52 Å². The number of hydrogen-bond acceptors (Lipinski definition) is 5. The molecule has 5 rings (SSSR count). The second-order valence-corrected chi connectivity index (χ2v) is 9.44. The molecule has 162 valence electrons. The second kappa shape index (κ2) is 8.34. The molecule has 3 aromatic heterocycles. The number of carbonyl (C=O) groups is 2. The van der Waals surface area contributed by atoms with Crippen molar-refractivity contribution >= 4 is 29.0 Å². The van der Waals surface area contributed by atoms with E-state index >= 15 is 0 Å². The van der Waals surface area contributed by atoms with Gasteiger partial charge in [0.15, 0.2) is 5.82 Å². The van der Waals surface area contributed by atoms with Gasteiger partial charge in [-0.2, -0.15) is 0 Å². The van der Waals surface area contributed by atoms with Crippen molar-refractivity contribution in [1.82, 2.24) is 14.6 Å². The molecule has 1 aliphatic carbocycles. The first-order valence-corrected chi connectivity index (χ1v) is 11.7. The Bertz CT molecular complexity index is 1090. The van der Waals surface area contributed by atoms with Crippen LogP contribution in [0.5, 0.6) is 0 Å². The summed E-state index contributed by atoms with van der Waals surface area (Å²) in [6.07, 6.45) is 9.69. The molecular formula is C23H26N4O3S. The zero-order valence-corrected chi connectivity index (χ0v) is 18.4. The zero-order valence-electron chi connectivity index (χ0n) is 17.6. The summed E-state index contributed by atoms with van der Waals surface area (Å²) in [5, 5.41) is 7.68. The van der Waals surface area contributed by atoms with Crippen molar-refractivity contribution < 1.29 is 14.1 Å². The molecule has 3 aromatic rings. The number of nitrogens with one attached hydrogen (secondary N) is 1. The summed E-state index contributed by atoms with van der Waals surface area (Å²) in [4.78, 5) is 29.5. The van der Waals surface area contributed by atoms with Gasteiger partial charge in [0.2, 0.25) is 5.91 Å². The lowest BCUT2D eigenvalue weighted by atomic mass is 9.93. The van der Waals surface area contributed by atoms with Crippen LogP contribution in [0, 0.1) is 12.8 Å². The molecule has 0 saturated carbocycles. The van der Waals surface area contributed by atoms with Gasteiger partial charge < -0.3 is 19.3 Å². The Morgan fingerprint density at radius 2 is 1.90 bits per heavy atom. The smallest absolute Gasteiger partial charge is 0.257 e. The molecule has 0 unspecified atom stereocenters. The van der Waals surface area contributed by atoms with Gasteiger partial charge >= 0.3 is 0 Å². The first-order valence-electron chi connectivity index (χ1n) is 10.9. The van der Waals surface area contributed by atoms with Crippen LogP contribution in [-0.2, 0) is 17.6 Å². The molecule has 0 radical (unpaired) electrons. The maximum atomic E-state index is 13.6. The Hall–Kier alpha value is -2.87. The Morgan fingerprint density at radius 1 is 1.16 bits per heavy atom. The minimum Gasteiger partial charge on any atom is -0.360 e. The van der Waals surface area contributed by atoms with E-state index in [-0.39, 0.29) is 17.7 Å². The van der Waals surface area contributed by atoms with E-state index in [1.165, 1.54) is 16.9 Å². The molecule has 1 saturated heterocycles. The Balaban J connectivity index is 1.31. The number of anilines is 1. The summed E-state index contributed by atoms with van der Waals surface area (Å²) in [5.74, 6) is 1.03. The van der Waals surface area contributed by atoms with Crippen molar-refractivity contribution in [2.24, 2.45) is 5.92 Å². The van der Waals surface area contributed by atoms with Gasteiger partial charge in [0, 0.05) is 42.3 Å². The van der Waals surface area contributed by atoms with Crippen LogP contribution < -0.4 is 5.32 Å². The van der Waals surface area contributed by atoms with Crippen LogP contribution in [0.4, 0.5) is 5.82 Å². The van der Waals surface area contributed by atoms with Gasteiger partial charge in [-0.3, -0.25) is 9.59 Å². The highest BCUT2D eigenvalue weighted by Crippen LogP contribution is 2.38. The molecular weight excluding hydrogens is 412 g/mol. The highest BCUT2D eigenvalue weighted by atomic mass is 32.1. The van der Waals surface area contributed by atoms with Gasteiger partial charge in [-0.15, -0.1) is 11.3 Å². The number of rotatable bonds is 4. The summed E-state index contributed by atoms with van der Waals surface area (Å²) >= 11 is 1.76. The van der Waals surface area contributed by atoms with Crippen molar-refractivity contribution in [2.45, 2.75) is 45.4 Å². The largest absolute Gasteiger partial charge is 0.360 e. The quantitative estimate of drug-likeness (QED) is 0.662. The minimum absolute atomic E-state index is 0.0543. The van der Waals surface area contributed by atoms with Gasteiger partial charge in [-0.05, 0) is 63.1 Å². The summed E-state index contributed by atoms with van der Waals surface area (Å²) in [6, 6.07) is 5.69. The summed E-state index contributed by atoms with van der Waals surface area (Å²) in [7, 11) is 0. The van der Waals surface area contributed by atoms with E-state index in [9.17, 15) is 9.59 Å². The number of amides is 2. The fourth-order valence-electron chi connectivity index (χ4n) is 4.58. The van der Waals surface area contributed by atoms with E-state index in [2.05, 4.69) is 15.0 Å². The van der Waals surface area contributed by atoms with Crippen LogP contribution in [0.3, 0.4) is 0 Å². The molecule has 1 fully saturated rings. The third-order valence-electron chi connectivity index (χ3n) is 6.24. The fourth-order valence-corrected chi connectivity index (χ4v) is 5.93. The van der Waals surface area contributed by atoms with Gasteiger partial charge in [0.25, 0.3) is 5.91 Å². The number of aryl methyl sites for hydroxylation is 2. The van der Waals surface area contributed by atoms with Gasteiger partial charge in [0.1, 0.15) is 10.8 Å². The fraction of sp³-hybridized carbons (Fsp3) is 0.435. The van der Waals surface area contributed by atoms with Crippen LogP contribution in [-0.4, -0.2) is 39.5 Å². The number of carbonyl (C=O) groups excluding carboxylic acids is 2. The third-order valence-corrected chi connectivity index (χ3v) is 7.54. The molecule has 2 amide bonds. The summed E-state index contributed by atoms with van der Waals surface area (Å²) in [6.45, 7) is 2.97. The number of hydrogen-bond donors (Lipinski definition) is 1. The molecule has 1 N–H and O–H groups in total.